The lowest BCUT2D eigenvalue weighted by molar-refractivity contribution is 0.102. The molecule has 0 unspecified atom stereocenters. The highest BCUT2D eigenvalue weighted by Crippen LogP contribution is 2.28. The molecule has 28 heavy (non-hydrogen) atoms. The van der Waals surface area contributed by atoms with Crippen LogP contribution in [0.2, 0.25) is 10.0 Å². The van der Waals surface area contributed by atoms with Crippen LogP contribution in [-0.2, 0) is 5.41 Å². The Hall–Kier alpha value is -2.50. The summed E-state index contributed by atoms with van der Waals surface area (Å²) in [5, 5.41) is 8.35. The molecule has 0 radical (unpaired) electrons. The monoisotopic (exact) mass is 417 g/mol. The number of aromatic nitrogens is 2. The summed E-state index contributed by atoms with van der Waals surface area (Å²) in [4.78, 5) is 12.7. The quantitative estimate of drug-likeness (QED) is 0.588. The summed E-state index contributed by atoms with van der Waals surface area (Å²) in [6, 6.07) is 14.1. The molecule has 1 heterocycles. The molecule has 0 aliphatic heterocycles. The van der Waals surface area contributed by atoms with Gasteiger partial charge in [-0.05, 0) is 42.5 Å². The minimum Gasteiger partial charge on any atom is -0.497 e. The zero-order valence-electron chi connectivity index (χ0n) is 16.1. The Bertz CT molecular complexity index is 1010. The van der Waals surface area contributed by atoms with Crippen molar-refractivity contribution in [2.75, 3.05) is 12.4 Å². The first-order valence-corrected chi connectivity index (χ1v) is 9.46. The fraction of sp³-hybridized carbons (Fsp3) is 0.238. The van der Waals surface area contributed by atoms with Crippen molar-refractivity contribution in [2.45, 2.75) is 26.2 Å². The van der Waals surface area contributed by atoms with E-state index in [-0.39, 0.29) is 11.3 Å². The number of amides is 1. The number of nitrogens with one attached hydrogen (secondary N) is 1. The predicted octanol–water partition coefficient (Wildman–Crippen LogP) is 5.74. The first-order valence-electron chi connectivity index (χ1n) is 8.70. The molecule has 7 heteroatoms. The van der Waals surface area contributed by atoms with Gasteiger partial charge in [-0.1, -0.05) is 44.0 Å². The third-order valence-electron chi connectivity index (χ3n) is 4.22. The van der Waals surface area contributed by atoms with Crippen LogP contribution in [0.15, 0.2) is 48.5 Å². The molecule has 1 amide bonds. The number of hydrogen-bond acceptors (Lipinski definition) is 3. The van der Waals surface area contributed by atoms with E-state index >= 15 is 0 Å². The second-order valence-corrected chi connectivity index (χ2v) is 8.17. The summed E-state index contributed by atoms with van der Waals surface area (Å²) in [6.07, 6.45) is 0. The maximum Gasteiger partial charge on any atom is 0.256 e. The molecule has 0 atom stereocenters. The SMILES string of the molecule is COc1ccc(-n2nc(C(C)(C)C)cc2NC(=O)c2ccc(Cl)c(Cl)c2)cc1. The molecule has 1 N–H and O–H groups in total. The largest absolute Gasteiger partial charge is 0.497 e. The fourth-order valence-electron chi connectivity index (χ4n) is 2.58. The average Bonchev–Trinajstić information content (AvgIpc) is 3.08. The number of carbonyl (C=O) groups is 1. The third-order valence-corrected chi connectivity index (χ3v) is 4.96. The number of nitrogens with zero attached hydrogens (tertiary/aromatic N) is 2. The van der Waals surface area contributed by atoms with Crippen molar-refractivity contribution in [3.05, 3.63) is 69.8 Å². The fourth-order valence-corrected chi connectivity index (χ4v) is 2.88. The van der Waals surface area contributed by atoms with Gasteiger partial charge in [-0.15, -0.1) is 0 Å². The lowest BCUT2D eigenvalue weighted by Gasteiger charge is -2.14. The highest BCUT2D eigenvalue weighted by atomic mass is 35.5. The summed E-state index contributed by atoms with van der Waals surface area (Å²) in [6.45, 7) is 6.20. The predicted molar refractivity (Wildman–Crippen MR) is 113 cm³/mol. The molecule has 0 spiro atoms. The van der Waals surface area contributed by atoms with Crippen LogP contribution in [0, 0.1) is 0 Å². The molecule has 1 aromatic heterocycles. The molecule has 3 aromatic rings. The lowest BCUT2D eigenvalue weighted by atomic mass is 9.92. The van der Waals surface area contributed by atoms with Gasteiger partial charge >= 0.3 is 0 Å². The Morgan fingerprint density at radius 1 is 1.04 bits per heavy atom. The van der Waals surface area contributed by atoms with Crippen molar-refractivity contribution < 1.29 is 9.53 Å². The first kappa shape index (κ1) is 20.2. The van der Waals surface area contributed by atoms with Gasteiger partial charge in [0.25, 0.3) is 5.91 Å². The van der Waals surface area contributed by atoms with Crippen LogP contribution in [0.25, 0.3) is 5.69 Å². The molecular weight excluding hydrogens is 397 g/mol. The minimum atomic E-state index is -0.298. The van der Waals surface area contributed by atoms with E-state index in [4.69, 9.17) is 33.0 Å². The number of methoxy groups -OCH3 is 1. The zero-order valence-corrected chi connectivity index (χ0v) is 17.6. The third kappa shape index (κ3) is 4.32. The highest BCUT2D eigenvalue weighted by Gasteiger charge is 2.22. The Balaban J connectivity index is 1.99. The summed E-state index contributed by atoms with van der Waals surface area (Å²) < 4.78 is 6.92. The van der Waals surface area contributed by atoms with Gasteiger partial charge in [0.05, 0.1) is 28.5 Å². The smallest absolute Gasteiger partial charge is 0.256 e. The number of ether oxygens (including phenoxy) is 1. The molecule has 3 rings (SSSR count). The number of anilines is 1. The Morgan fingerprint density at radius 2 is 1.71 bits per heavy atom. The molecule has 0 aliphatic rings. The summed E-state index contributed by atoms with van der Waals surface area (Å²) in [5.41, 5.74) is 1.89. The number of halogens is 2. The number of benzene rings is 2. The van der Waals surface area contributed by atoms with E-state index < -0.39 is 0 Å². The molecule has 5 nitrogen and oxygen atoms in total. The van der Waals surface area contributed by atoms with Crippen molar-refractivity contribution in [1.29, 1.82) is 0 Å². The molecule has 0 fully saturated rings. The highest BCUT2D eigenvalue weighted by molar-refractivity contribution is 6.42. The van der Waals surface area contributed by atoms with Crippen molar-refractivity contribution >= 4 is 34.9 Å². The van der Waals surface area contributed by atoms with Crippen LogP contribution in [0.5, 0.6) is 5.75 Å². The average molecular weight is 418 g/mol. The van der Waals surface area contributed by atoms with E-state index in [1.54, 1.807) is 23.9 Å². The van der Waals surface area contributed by atoms with E-state index in [2.05, 4.69) is 26.1 Å². The van der Waals surface area contributed by atoms with Gasteiger partial charge in [0.2, 0.25) is 0 Å². The number of rotatable bonds is 4. The normalized spacial score (nSPS) is 11.4. The summed E-state index contributed by atoms with van der Waals surface area (Å²) in [5.74, 6) is 1.01. The molecule has 2 aromatic carbocycles. The van der Waals surface area contributed by atoms with Gasteiger partial charge in [0.15, 0.2) is 0 Å². The molecule has 146 valence electrons. The molecule has 0 aliphatic carbocycles. The van der Waals surface area contributed by atoms with Gasteiger partial charge in [-0.25, -0.2) is 4.68 Å². The lowest BCUT2D eigenvalue weighted by Crippen LogP contribution is -2.15. The van der Waals surface area contributed by atoms with Crippen molar-refractivity contribution in [1.82, 2.24) is 9.78 Å². The number of hydrogen-bond donors (Lipinski definition) is 1. The van der Waals surface area contributed by atoms with Crippen LogP contribution in [0.4, 0.5) is 5.82 Å². The van der Waals surface area contributed by atoms with E-state index in [9.17, 15) is 4.79 Å². The molecule has 0 bridgehead atoms. The zero-order chi connectivity index (χ0) is 20.5. The van der Waals surface area contributed by atoms with Crippen LogP contribution in [0.1, 0.15) is 36.8 Å². The Labute approximate surface area is 174 Å². The molecular formula is C21H21Cl2N3O2. The van der Waals surface area contributed by atoms with Crippen molar-refractivity contribution in [3.63, 3.8) is 0 Å². The second kappa shape index (κ2) is 7.86. The van der Waals surface area contributed by atoms with E-state index in [1.807, 2.05) is 30.3 Å². The van der Waals surface area contributed by atoms with Crippen LogP contribution < -0.4 is 10.1 Å². The summed E-state index contributed by atoms with van der Waals surface area (Å²) in [7, 11) is 1.61. The maximum atomic E-state index is 12.7. The van der Waals surface area contributed by atoms with Crippen LogP contribution in [0.3, 0.4) is 0 Å². The topological polar surface area (TPSA) is 56.1 Å². The molecule has 0 saturated carbocycles. The van der Waals surface area contributed by atoms with Gasteiger partial charge in [-0.3, -0.25) is 4.79 Å². The second-order valence-electron chi connectivity index (χ2n) is 7.36. The van der Waals surface area contributed by atoms with Gasteiger partial charge in [-0.2, -0.15) is 5.10 Å². The van der Waals surface area contributed by atoms with E-state index in [1.165, 1.54) is 6.07 Å². The van der Waals surface area contributed by atoms with Crippen LogP contribution in [-0.4, -0.2) is 22.8 Å². The molecule has 0 saturated heterocycles. The first-order chi connectivity index (χ1) is 13.2. The van der Waals surface area contributed by atoms with Crippen molar-refractivity contribution in [3.8, 4) is 11.4 Å². The van der Waals surface area contributed by atoms with Gasteiger partial charge < -0.3 is 10.1 Å². The number of carbonyl (C=O) groups excluding carboxylic acids is 1. The Kier molecular flexibility index (Phi) is 5.68. The van der Waals surface area contributed by atoms with E-state index in [0.717, 1.165) is 17.1 Å². The minimum absolute atomic E-state index is 0.180. The Morgan fingerprint density at radius 3 is 2.29 bits per heavy atom. The van der Waals surface area contributed by atoms with Crippen molar-refractivity contribution in [2.24, 2.45) is 0 Å². The van der Waals surface area contributed by atoms with Crippen LogP contribution >= 0.6 is 23.2 Å². The standard InChI is InChI=1S/C21H21Cl2N3O2/c1-21(2,3)18-12-19(24-20(27)13-5-10-16(22)17(23)11-13)26(25-18)14-6-8-15(28-4)9-7-14/h5-12H,1-4H3,(H,24,27). The van der Waals surface area contributed by atoms with Gasteiger partial charge in [0, 0.05) is 17.0 Å². The van der Waals surface area contributed by atoms with Gasteiger partial charge in [0.1, 0.15) is 11.6 Å². The summed E-state index contributed by atoms with van der Waals surface area (Å²) >= 11 is 12.0. The van der Waals surface area contributed by atoms with E-state index in [0.29, 0.717) is 21.4 Å². The maximum absolute atomic E-state index is 12.7.